The van der Waals surface area contributed by atoms with Crippen LogP contribution in [0, 0.1) is 13.8 Å². The van der Waals surface area contributed by atoms with E-state index in [1.807, 2.05) is 13.0 Å². The average molecular weight is 286 g/mol. The highest BCUT2D eigenvalue weighted by atomic mass is 16.5. The highest BCUT2D eigenvalue weighted by Gasteiger charge is 2.18. The topological polar surface area (TPSA) is 82.5 Å². The molecule has 108 valence electrons. The van der Waals surface area contributed by atoms with Crippen molar-refractivity contribution in [2.75, 3.05) is 6.61 Å². The Labute approximate surface area is 120 Å². The second-order valence-corrected chi connectivity index (χ2v) is 4.55. The van der Waals surface area contributed by atoms with Gasteiger partial charge in [-0.15, -0.1) is 0 Å². The van der Waals surface area contributed by atoms with Crippen molar-refractivity contribution in [2.45, 2.75) is 20.8 Å². The summed E-state index contributed by atoms with van der Waals surface area (Å²) in [5.41, 5.74) is 2.87. The summed E-state index contributed by atoms with van der Waals surface area (Å²) >= 11 is 0. The van der Waals surface area contributed by atoms with Gasteiger partial charge in [-0.1, -0.05) is 0 Å². The van der Waals surface area contributed by atoms with Gasteiger partial charge in [0.2, 0.25) is 0 Å². The van der Waals surface area contributed by atoms with Crippen LogP contribution in [0.15, 0.2) is 22.9 Å². The van der Waals surface area contributed by atoms with Crippen molar-refractivity contribution in [3.63, 3.8) is 0 Å². The first-order valence-corrected chi connectivity index (χ1v) is 6.55. The molecule has 0 atom stereocenters. The smallest absolute Gasteiger partial charge is 0.343 e. The quantitative estimate of drug-likeness (QED) is 0.686. The number of carbonyl (C=O) groups excluding carboxylic acids is 1. The van der Waals surface area contributed by atoms with Crippen LogP contribution in [0.25, 0.3) is 17.0 Å². The second-order valence-electron chi connectivity index (χ2n) is 4.55. The van der Waals surface area contributed by atoms with Gasteiger partial charge in [-0.2, -0.15) is 5.10 Å². The van der Waals surface area contributed by atoms with Crippen LogP contribution in [0.2, 0.25) is 0 Å². The minimum Gasteiger partial charge on any atom is -0.462 e. The van der Waals surface area contributed by atoms with E-state index in [1.54, 1.807) is 18.4 Å². The standard InChI is InChI=1S/C14H14N4O3/c1-4-20-14(19)10-6-15-18-8(2)5-11(17-13(10)18)12-7-21-9(3)16-12/h5-7H,4H2,1-3H3. The third-order valence-electron chi connectivity index (χ3n) is 3.03. The van der Waals surface area contributed by atoms with Crippen molar-refractivity contribution in [2.24, 2.45) is 0 Å². The Morgan fingerprint density at radius 1 is 1.33 bits per heavy atom. The molecule has 0 unspecified atom stereocenters. The van der Waals surface area contributed by atoms with Gasteiger partial charge in [0.05, 0.1) is 18.5 Å². The van der Waals surface area contributed by atoms with Crippen LogP contribution in [0.3, 0.4) is 0 Å². The number of aromatic nitrogens is 4. The Morgan fingerprint density at radius 2 is 2.14 bits per heavy atom. The molecule has 0 fully saturated rings. The third-order valence-corrected chi connectivity index (χ3v) is 3.03. The van der Waals surface area contributed by atoms with Gasteiger partial charge < -0.3 is 9.15 Å². The van der Waals surface area contributed by atoms with E-state index >= 15 is 0 Å². The Hall–Kier alpha value is -2.70. The van der Waals surface area contributed by atoms with E-state index in [-0.39, 0.29) is 0 Å². The number of hydrogen-bond acceptors (Lipinski definition) is 6. The largest absolute Gasteiger partial charge is 0.462 e. The fraction of sp³-hybridized carbons (Fsp3) is 0.286. The molecule has 0 saturated heterocycles. The summed E-state index contributed by atoms with van der Waals surface area (Å²) in [6.07, 6.45) is 3.00. The van der Waals surface area contributed by atoms with E-state index in [9.17, 15) is 4.79 Å². The van der Waals surface area contributed by atoms with Crippen molar-refractivity contribution in [3.05, 3.63) is 35.7 Å². The molecule has 7 heteroatoms. The van der Waals surface area contributed by atoms with E-state index in [0.29, 0.717) is 35.1 Å². The second kappa shape index (κ2) is 5.01. The lowest BCUT2D eigenvalue weighted by molar-refractivity contribution is 0.0528. The summed E-state index contributed by atoms with van der Waals surface area (Å²) in [4.78, 5) is 20.6. The Morgan fingerprint density at radius 3 is 2.81 bits per heavy atom. The molecule has 3 rings (SSSR count). The molecule has 0 aliphatic rings. The number of carbonyl (C=O) groups is 1. The number of hydrogen-bond donors (Lipinski definition) is 0. The zero-order chi connectivity index (χ0) is 15.0. The predicted octanol–water partition coefficient (Wildman–Crippen LogP) is 2.18. The number of fused-ring (bicyclic) bond motifs is 1. The third kappa shape index (κ3) is 2.26. The maximum absolute atomic E-state index is 11.9. The van der Waals surface area contributed by atoms with Crippen molar-refractivity contribution in [1.82, 2.24) is 19.6 Å². The zero-order valence-electron chi connectivity index (χ0n) is 12.0. The lowest BCUT2D eigenvalue weighted by Crippen LogP contribution is -2.06. The van der Waals surface area contributed by atoms with E-state index in [0.717, 1.165) is 5.69 Å². The molecule has 0 saturated carbocycles. The lowest BCUT2D eigenvalue weighted by Gasteiger charge is -2.03. The average Bonchev–Trinajstić information content (AvgIpc) is 3.05. The Kier molecular flexibility index (Phi) is 3.17. The van der Waals surface area contributed by atoms with Gasteiger partial charge >= 0.3 is 5.97 Å². The molecular formula is C14H14N4O3. The Balaban J connectivity index is 2.17. The molecule has 0 spiro atoms. The molecule has 0 aromatic carbocycles. The zero-order valence-corrected chi connectivity index (χ0v) is 12.0. The molecule has 0 bridgehead atoms. The molecular weight excluding hydrogens is 272 g/mol. The van der Waals surface area contributed by atoms with Gasteiger partial charge in [0.25, 0.3) is 0 Å². The highest BCUT2D eigenvalue weighted by molar-refractivity contribution is 5.95. The maximum atomic E-state index is 11.9. The molecule has 0 radical (unpaired) electrons. The van der Waals surface area contributed by atoms with E-state index < -0.39 is 5.97 Å². The monoisotopic (exact) mass is 286 g/mol. The Bertz CT molecular complexity index is 819. The summed E-state index contributed by atoms with van der Waals surface area (Å²) in [5, 5.41) is 4.17. The van der Waals surface area contributed by atoms with Crippen LogP contribution in [-0.4, -0.2) is 32.2 Å². The van der Waals surface area contributed by atoms with Crippen LogP contribution in [0.4, 0.5) is 0 Å². The first-order chi connectivity index (χ1) is 10.1. The van der Waals surface area contributed by atoms with Crippen LogP contribution in [0.1, 0.15) is 28.9 Å². The summed E-state index contributed by atoms with van der Waals surface area (Å²) in [5.74, 6) is 0.122. The predicted molar refractivity (Wildman–Crippen MR) is 73.9 cm³/mol. The number of oxazole rings is 1. The van der Waals surface area contributed by atoms with Crippen molar-refractivity contribution >= 4 is 11.6 Å². The lowest BCUT2D eigenvalue weighted by atomic mass is 10.2. The maximum Gasteiger partial charge on any atom is 0.343 e. The molecule has 21 heavy (non-hydrogen) atoms. The minimum atomic E-state index is -0.437. The summed E-state index contributed by atoms with van der Waals surface area (Å²) in [7, 11) is 0. The van der Waals surface area contributed by atoms with Gasteiger partial charge in [0.15, 0.2) is 11.5 Å². The van der Waals surface area contributed by atoms with E-state index in [2.05, 4.69) is 15.1 Å². The number of ether oxygens (including phenoxy) is 1. The number of esters is 1. The molecule has 0 N–H and O–H groups in total. The van der Waals surface area contributed by atoms with Crippen LogP contribution in [-0.2, 0) is 4.74 Å². The molecule has 0 aliphatic carbocycles. The van der Waals surface area contributed by atoms with Crippen molar-refractivity contribution < 1.29 is 13.9 Å². The van der Waals surface area contributed by atoms with Gasteiger partial charge in [0.1, 0.15) is 17.5 Å². The molecule has 3 heterocycles. The summed E-state index contributed by atoms with van der Waals surface area (Å²) in [6.45, 7) is 5.70. The number of rotatable bonds is 3. The van der Waals surface area contributed by atoms with Gasteiger partial charge in [0, 0.05) is 12.6 Å². The number of nitrogens with zero attached hydrogens (tertiary/aromatic N) is 4. The van der Waals surface area contributed by atoms with Gasteiger partial charge in [-0.3, -0.25) is 0 Å². The van der Waals surface area contributed by atoms with Crippen LogP contribution in [0.5, 0.6) is 0 Å². The molecule has 7 nitrogen and oxygen atoms in total. The molecule has 0 aliphatic heterocycles. The molecule has 3 aromatic rings. The van der Waals surface area contributed by atoms with Crippen LogP contribution >= 0.6 is 0 Å². The van der Waals surface area contributed by atoms with Crippen molar-refractivity contribution in [1.29, 1.82) is 0 Å². The summed E-state index contributed by atoms with van der Waals surface area (Å²) in [6, 6.07) is 1.84. The van der Waals surface area contributed by atoms with E-state index in [4.69, 9.17) is 9.15 Å². The minimum absolute atomic E-state index is 0.303. The van der Waals surface area contributed by atoms with Gasteiger partial charge in [-0.05, 0) is 19.9 Å². The summed E-state index contributed by atoms with van der Waals surface area (Å²) < 4.78 is 11.8. The van der Waals surface area contributed by atoms with Crippen LogP contribution < -0.4 is 0 Å². The van der Waals surface area contributed by atoms with Crippen molar-refractivity contribution in [3.8, 4) is 11.4 Å². The fourth-order valence-corrected chi connectivity index (χ4v) is 2.08. The fourth-order valence-electron chi connectivity index (χ4n) is 2.08. The SMILES string of the molecule is CCOC(=O)c1cnn2c(C)cc(-c3coc(C)n3)nc12. The normalized spacial score (nSPS) is 11.0. The molecule has 0 amide bonds. The highest BCUT2D eigenvalue weighted by Crippen LogP contribution is 2.20. The first-order valence-electron chi connectivity index (χ1n) is 6.55. The first kappa shape index (κ1) is 13.3. The van der Waals surface area contributed by atoms with Gasteiger partial charge in [-0.25, -0.2) is 19.3 Å². The van der Waals surface area contributed by atoms with E-state index in [1.165, 1.54) is 12.5 Å². The number of aryl methyl sites for hydroxylation is 2. The molecule has 3 aromatic heterocycles.